The fourth-order valence-corrected chi connectivity index (χ4v) is 4.13. The second kappa shape index (κ2) is 4.24. The Morgan fingerprint density at radius 3 is 2.48 bits per heavy atom. The zero-order chi connectivity index (χ0) is 15.7. The summed E-state index contributed by atoms with van der Waals surface area (Å²) in [6, 6.07) is -0.00159. The Morgan fingerprint density at radius 2 is 1.95 bits per heavy atom. The van der Waals surface area contributed by atoms with E-state index >= 15 is 0 Å². The predicted molar refractivity (Wildman–Crippen MR) is 76.1 cm³/mol. The van der Waals surface area contributed by atoms with Crippen molar-refractivity contribution in [3.8, 4) is 0 Å². The van der Waals surface area contributed by atoms with Gasteiger partial charge >= 0.3 is 5.97 Å². The maximum absolute atomic E-state index is 12.7. The van der Waals surface area contributed by atoms with Crippen LogP contribution < -0.4 is 0 Å². The van der Waals surface area contributed by atoms with Gasteiger partial charge in [0.15, 0.2) is 0 Å². The highest BCUT2D eigenvalue weighted by atomic mass is 16.6. The lowest BCUT2D eigenvalue weighted by Gasteiger charge is -2.27. The van der Waals surface area contributed by atoms with Gasteiger partial charge in [0.25, 0.3) is 0 Å². The van der Waals surface area contributed by atoms with Gasteiger partial charge in [-0.25, -0.2) is 0 Å². The molecule has 1 N–H and O–H groups in total. The number of amides is 1. The Hall–Kier alpha value is -1.52. The molecule has 0 spiro atoms. The van der Waals surface area contributed by atoms with Crippen molar-refractivity contribution >= 4 is 11.9 Å². The fraction of sp³-hybridized carbons (Fsp3) is 0.750. The van der Waals surface area contributed by atoms with Crippen LogP contribution >= 0.6 is 0 Å². The summed E-state index contributed by atoms with van der Waals surface area (Å²) in [5.41, 5.74) is 0.172. The van der Waals surface area contributed by atoms with Crippen molar-refractivity contribution in [1.82, 2.24) is 4.90 Å². The molecule has 0 aromatic rings. The van der Waals surface area contributed by atoms with E-state index in [1.807, 2.05) is 34.6 Å². The molecule has 1 saturated carbocycles. The van der Waals surface area contributed by atoms with Crippen molar-refractivity contribution in [1.29, 1.82) is 0 Å². The summed E-state index contributed by atoms with van der Waals surface area (Å²) in [4.78, 5) is 26.8. The molecule has 4 atom stereocenters. The molecule has 2 fully saturated rings. The lowest BCUT2D eigenvalue weighted by atomic mass is 9.83. The van der Waals surface area contributed by atoms with Crippen LogP contribution in [0.25, 0.3) is 0 Å². The van der Waals surface area contributed by atoms with Crippen LogP contribution in [0.2, 0.25) is 0 Å². The first-order chi connectivity index (χ1) is 9.63. The van der Waals surface area contributed by atoms with Gasteiger partial charge in [0.2, 0.25) is 5.91 Å². The Kier molecular flexibility index (Phi) is 2.91. The monoisotopic (exact) mass is 293 g/mol. The van der Waals surface area contributed by atoms with E-state index in [9.17, 15) is 14.7 Å². The van der Waals surface area contributed by atoms with E-state index in [0.717, 1.165) is 5.70 Å². The molecule has 5 heteroatoms. The van der Waals surface area contributed by atoms with E-state index < -0.39 is 11.5 Å². The van der Waals surface area contributed by atoms with Crippen LogP contribution in [0.5, 0.6) is 0 Å². The minimum atomic E-state index is -0.583. The largest absolute Gasteiger partial charge is 0.510 e. The molecule has 2 aliphatic carbocycles. The molecule has 1 heterocycles. The summed E-state index contributed by atoms with van der Waals surface area (Å²) in [5.74, 6) is -1.31. The van der Waals surface area contributed by atoms with Crippen LogP contribution in [0.4, 0.5) is 0 Å². The summed E-state index contributed by atoms with van der Waals surface area (Å²) < 4.78 is 5.47. The van der Waals surface area contributed by atoms with E-state index in [1.165, 1.54) is 0 Å². The van der Waals surface area contributed by atoms with E-state index in [0.29, 0.717) is 6.42 Å². The van der Waals surface area contributed by atoms with Gasteiger partial charge in [0, 0.05) is 17.9 Å². The zero-order valence-corrected chi connectivity index (χ0v) is 13.2. The molecular weight excluding hydrogens is 270 g/mol. The number of rotatable bonds is 2. The Labute approximate surface area is 124 Å². The van der Waals surface area contributed by atoms with Gasteiger partial charge in [-0.05, 0) is 41.0 Å². The molecule has 116 valence electrons. The fourth-order valence-electron chi connectivity index (χ4n) is 4.13. The van der Waals surface area contributed by atoms with Crippen LogP contribution in [0, 0.1) is 23.7 Å². The second-order valence-corrected chi connectivity index (χ2v) is 7.61. The highest BCUT2D eigenvalue weighted by Gasteiger charge is 2.65. The molecule has 5 nitrogen and oxygen atoms in total. The quantitative estimate of drug-likeness (QED) is 0.793. The summed E-state index contributed by atoms with van der Waals surface area (Å²) in [6.07, 6.45) is 0.685. The summed E-state index contributed by atoms with van der Waals surface area (Å²) in [7, 11) is 0. The first kappa shape index (κ1) is 14.4. The molecule has 0 aromatic carbocycles. The van der Waals surface area contributed by atoms with Crippen molar-refractivity contribution in [3.63, 3.8) is 0 Å². The zero-order valence-electron chi connectivity index (χ0n) is 13.2. The number of aliphatic hydroxyl groups excluding tert-OH is 1. The highest BCUT2D eigenvalue weighted by molar-refractivity contribution is 5.92. The molecule has 4 unspecified atom stereocenters. The Morgan fingerprint density at radius 1 is 1.33 bits per heavy atom. The first-order valence-electron chi connectivity index (χ1n) is 7.62. The minimum absolute atomic E-state index is 0.00159. The highest BCUT2D eigenvalue weighted by Crippen LogP contribution is 2.60. The van der Waals surface area contributed by atoms with Crippen molar-refractivity contribution in [2.24, 2.45) is 23.7 Å². The molecule has 2 bridgehead atoms. The van der Waals surface area contributed by atoms with E-state index in [4.69, 9.17) is 4.74 Å². The number of hydrogen-bond acceptors (Lipinski definition) is 4. The summed E-state index contributed by atoms with van der Waals surface area (Å²) in [6.45, 7) is 9.31. The van der Waals surface area contributed by atoms with Gasteiger partial charge in [-0.3, -0.25) is 9.59 Å². The lowest BCUT2D eigenvalue weighted by Crippen LogP contribution is -2.38. The maximum atomic E-state index is 12.7. The number of fused-ring (bicyclic) bond motifs is 1. The van der Waals surface area contributed by atoms with Gasteiger partial charge in [0.05, 0.1) is 17.5 Å². The molecule has 1 amide bonds. The van der Waals surface area contributed by atoms with Crippen LogP contribution in [0.3, 0.4) is 0 Å². The number of carbonyl (C=O) groups excluding carboxylic acids is 2. The molecule has 0 aromatic heterocycles. The first-order valence-corrected chi connectivity index (χ1v) is 7.62. The van der Waals surface area contributed by atoms with Crippen LogP contribution in [-0.4, -0.2) is 33.5 Å². The van der Waals surface area contributed by atoms with Crippen molar-refractivity contribution in [2.45, 2.75) is 52.7 Å². The standard InChI is InChI=1S/C16H23NO4/c1-7(2)17-12-8-6-9(13(12)18)11(10(8)14(17)19)15(20)21-16(3,4)5/h7-11,18H,6H2,1-5H3. The molecule has 3 aliphatic rings. The third-order valence-corrected chi connectivity index (χ3v) is 4.70. The van der Waals surface area contributed by atoms with Crippen molar-refractivity contribution in [2.75, 3.05) is 0 Å². The summed E-state index contributed by atoms with van der Waals surface area (Å²) in [5, 5.41) is 10.4. The number of carbonyl (C=O) groups is 2. The number of nitrogens with zero attached hydrogens (tertiary/aromatic N) is 1. The number of hydrogen-bond donors (Lipinski definition) is 1. The van der Waals surface area contributed by atoms with E-state index in [2.05, 4.69) is 0 Å². The topological polar surface area (TPSA) is 66.8 Å². The molecule has 3 rings (SSSR count). The number of aliphatic hydroxyl groups is 1. The second-order valence-electron chi connectivity index (χ2n) is 7.61. The number of allylic oxidation sites excluding steroid dienone is 2. The molecule has 21 heavy (non-hydrogen) atoms. The average Bonchev–Trinajstić information content (AvgIpc) is 2.88. The molecular formula is C16H23NO4. The summed E-state index contributed by atoms with van der Waals surface area (Å²) >= 11 is 0. The van der Waals surface area contributed by atoms with Crippen LogP contribution in [0.1, 0.15) is 41.0 Å². The SMILES string of the molecule is CC(C)N1C(=O)C2C3CC(C(O)=C31)C2C(=O)OC(C)(C)C. The molecule has 1 saturated heterocycles. The Balaban J connectivity index is 1.95. The van der Waals surface area contributed by atoms with E-state index in [-0.39, 0.29) is 41.4 Å². The van der Waals surface area contributed by atoms with Gasteiger partial charge in [-0.15, -0.1) is 0 Å². The predicted octanol–water partition coefficient (Wildman–Crippen LogP) is 2.23. The maximum Gasteiger partial charge on any atom is 0.311 e. The van der Waals surface area contributed by atoms with Crippen molar-refractivity contribution in [3.05, 3.63) is 11.5 Å². The number of esters is 1. The number of likely N-dealkylation sites (tertiary alicyclic amines) is 1. The molecule has 0 radical (unpaired) electrons. The van der Waals surface area contributed by atoms with E-state index in [1.54, 1.807) is 4.90 Å². The van der Waals surface area contributed by atoms with Crippen molar-refractivity contribution < 1.29 is 19.4 Å². The Bertz CT molecular complexity index is 543. The minimum Gasteiger partial charge on any atom is -0.510 e. The van der Waals surface area contributed by atoms with Gasteiger partial charge in [-0.2, -0.15) is 0 Å². The average molecular weight is 293 g/mol. The third-order valence-electron chi connectivity index (χ3n) is 4.70. The normalized spacial score (nSPS) is 34.4. The van der Waals surface area contributed by atoms with Crippen LogP contribution in [-0.2, 0) is 14.3 Å². The van der Waals surface area contributed by atoms with Gasteiger partial charge < -0.3 is 14.7 Å². The third kappa shape index (κ3) is 1.89. The molecule has 1 aliphatic heterocycles. The van der Waals surface area contributed by atoms with Gasteiger partial charge in [0.1, 0.15) is 11.4 Å². The number of ether oxygens (including phenoxy) is 1. The smallest absolute Gasteiger partial charge is 0.311 e. The van der Waals surface area contributed by atoms with Gasteiger partial charge in [-0.1, -0.05) is 0 Å². The lowest BCUT2D eigenvalue weighted by molar-refractivity contribution is -0.164. The van der Waals surface area contributed by atoms with Crippen LogP contribution in [0.15, 0.2) is 11.5 Å².